The number of carbonyl (C=O) groups excluding carboxylic acids is 1. The van der Waals surface area contributed by atoms with Crippen LogP contribution in [0.1, 0.15) is 32.5 Å². The van der Waals surface area contributed by atoms with E-state index in [1.165, 1.54) is 24.6 Å². The highest BCUT2D eigenvalue weighted by Gasteiger charge is 2.19. The molecule has 1 amide bonds. The van der Waals surface area contributed by atoms with Gasteiger partial charge in [-0.2, -0.15) is 0 Å². The zero-order valence-electron chi connectivity index (χ0n) is 11.5. The molecule has 2 aromatic rings. The molecule has 0 spiro atoms. The first kappa shape index (κ1) is 15.0. The highest BCUT2D eigenvalue weighted by atomic mass is 32.1. The second-order valence-electron chi connectivity index (χ2n) is 4.13. The fourth-order valence-corrected chi connectivity index (χ4v) is 2.75. The molecule has 2 aromatic heterocycles. The first-order valence-corrected chi connectivity index (χ1v) is 7.04. The molecule has 0 bridgehead atoms. The van der Waals surface area contributed by atoms with Crippen molar-refractivity contribution in [1.82, 2.24) is 4.98 Å². The van der Waals surface area contributed by atoms with Crippen LogP contribution in [0.5, 0.6) is 5.88 Å². The molecule has 2 rings (SSSR count). The largest absolute Gasteiger partial charge is 0.480 e. The van der Waals surface area contributed by atoms with Crippen LogP contribution in [0.4, 0.5) is 5.00 Å². The monoisotopic (exact) mass is 306 g/mol. The Morgan fingerprint density at radius 3 is 2.81 bits per heavy atom. The number of aryl methyl sites for hydroxylation is 1. The number of amides is 1. The lowest BCUT2D eigenvalue weighted by molar-refractivity contribution is 0.0698. The molecule has 0 aliphatic heterocycles. The normalized spacial score (nSPS) is 10.2. The lowest BCUT2D eigenvalue weighted by Gasteiger charge is -2.07. The lowest BCUT2D eigenvalue weighted by atomic mass is 10.2. The molecule has 21 heavy (non-hydrogen) atoms. The number of methoxy groups -OCH3 is 1. The number of carboxylic acids is 1. The number of nitrogens with one attached hydrogen (secondary N) is 1. The Morgan fingerprint density at radius 1 is 1.43 bits per heavy atom. The van der Waals surface area contributed by atoms with Crippen molar-refractivity contribution >= 4 is 28.2 Å². The number of hydrogen-bond donors (Lipinski definition) is 2. The highest BCUT2D eigenvalue weighted by Crippen LogP contribution is 2.29. The van der Waals surface area contributed by atoms with Gasteiger partial charge in [-0.1, -0.05) is 6.92 Å². The van der Waals surface area contributed by atoms with E-state index < -0.39 is 11.9 Å². The molecule has 0 atom stereocenters. The molecular weight excluding hydrogens is 292 g/mol. The van der Waals surface area contributed by atoms with Crippen LogP contribution in [0, 0.1) is 0 Å². The number of carboxylic acid groups (broad SMARTS) is 1. The van der Waals surface area contributed by atoms with Crippen LogP contribution in [0.25, 0.3) is 0 Å². The average Bonchev–Trinajstić information content (AvgIpc) is 2.90. The smallest absolute Gasteiger partial charge is 0.338 e. The number of aromatic nitrogens is 1. The van der Waals surface area contributed by atoms with Gasteiger partial charge >= 0.3 is 5.97 Å². The summed E-state index contributed by atoms with van der Waals surface area (Å²) in [7, 11) is 1.42. The molecule has 0 fully saturated rings. The van der Waals surface area contributed by atoms with Gasteiger partial charge in [-0.05, 0) is 24.6 Å². The van der Waals surface area contributed by atoms with E-state index in [9.17, 15) is 14.7 Å². The number of pyridine rings is 1. The highest BCUT2D eigenvalue weighted by molar-refractivity contribution is 7.16. The summed E-state index contributed by atoms with van der Waals surface area (Å²) >= 11 is 1.25. The van der Waals surface area contributed by atoms with Crippen molar-refractivity contribution in [2.24, 2.45) is 0 Å². The Balaban J connectivity index is 2.31. The minimum Gasteiger partial charge on any atom is -0.480 e. The minimum absolute atomic E-state index is 0.0908. The average molecular weight is 306 g/mol. The molecule has 0 saturated heterocycles. The second-order valence-corrected chi connectivity index (χ2v) is 5.27. The van der Waals surface area contributed by atoms with Gasteiger partial charge in [-0.15, -0.1) is 11.3 Å². The Morgan fingerprint density at radius 2 is 2.19 bits per heavy atom. The van der Waals surface area contributed by atoms with Crippen LogP contribution in [-0.4, -0.2) is 29.1 Å². The van der Waals surface area contributed by atoms with Gasteiger partial charge in [0, 0.05) is 11.1 Å². The Hall–Kier alpha value is -2.41. The Labute approximate surface area is 125 Å². The van der Waals surface area contributed by atoms with Crippen LogP contribution >= 0.6 is 11.3 Å². The van der Waals surface area contributed by atoms with Crippen molar-refractivity contribution in [2.75, 3.05) is 12.4 Å². The quantitative estimate of drug-likeness (QED) is 0.886. The molecule has 2 N–H and O–H groups in total. The van der Waals surface area contributed by atoms with Gasteiger partial charge in [-0.25, -0.2) is 9.78 Å². The summed E-state index contributed by atoms with van der Waals surface area (Å²) in [4.78, 5) is 28.3. The van der Waals surface area contributed by atoms with E-state index in [1.807, 2.05) is 6.92 Å². The number of hydrogen-bond acceptors (Lipinski definition) is 5. The fourth-order valence-electron chi connectivity index (χ4n) is 1.76. The van der Waals surface area contributed by atoms with Crippen LogP contribution in [0.3, 0.4) is 0 Å². The SMILES string of the molecule is CCc1cc(C(=O)O)c(NC(=O)c2cccnc2OC)s1. The van der Waals surface area contributed by atoms with E-state index in [2.05, 4.69) is 10.3 Å². The first-order chi connectivity index (χ1) is 10.1. The van der Waals surface area contributed by atoms with Gasteiger partial charge < -0.3 is 15.2 Å². The third-order valence-corrected chi connectivity index (χ3v) is 3.99. The molecule has 0 aliphatic carbocycles. The summed E-state index contributed by atoms with van der Waals surface area (Å²) in [6.45, 7) is 1.92. The number of anilines is 1. The van der Waals surface area contributed by atoms with Crippen molar-refractivity contribution in [3.63, 3.8) is 0 Å². The van der Waals surface area contributed by atoms with Gasteiger partial charge in [0.15, 0.2) is 0 Å². The summed E-state index contributed by atoms with van der Waals surface area (Å²) in [5.41, 5.74) is 0.343. The van der Waals surface area contributed by atoms with E-state index in [1.54, 1.807) is 18.2 Å². The number of rotatable bonds is 5. The standard InChI is InChI=1S/C14H14N2O4S/c1-3-8-7-10(14(18)19)13(21-8)16-11(17)9-5-4-6-15-12(9)20-2/h4-7H,3H2,1-2H3,(H,16,17)(H,18,19). The molecule has 0 aromatic carbocycles. The molecule has 110 valence electrons. The van der Waals surface area contributed by atoms with Crippen molar-refractivity contribution < 1.29 is 19.4 Å². The summed E-state index contributed by atoms with van der Waals surface area (Å²) in [6.07, 6.45) is 2.22. The predicted octanol–water partition coefficient (Wildman–Crippen LogP) is 2.66. The molecular formula is C14H14N2O4S. The number of nitrogens with zero attached hydrogens (tertiary/aromatic N) is 1. The number of thiophene rings is 1. The van der Waals surface area contributed by atoms with Gasteiger partial charge in [0.1, 0.15) is 10.6 Å². The molecule has 7 heteroatoms. The molecule has 6 nitrogen and oxygen atoms in total. The predicted molar refractivity (Wildman–Crippen MR) is 79.4 cm³/mol. The molecule has 0 saturated carbocycles. The molecule has 2 heterocycles. The maximum Gasteiger partial charge on any atom is 0.338 e. The number of aromatic carboxylic acids is 1. The summed E-state index contributed by atoms with van der Waals surface area (Å²) in [5, 5.41) is 12.1. The number of ether oxygens (including phenoxy) is 1. The zero-order valence-corrected chi connectivity index (χ0v) is 12.4. The first-order valence-electron chi connectivity index (χ1n) is 6.23. The van der Waals surface area contributed by atoms with E-state index in [0.717, 1.165) is 4.88 Å². The molecule has 0 aliphatic rings. The number of carbonyl (C=O) groups is 2. The third kappa shape index (κ3) is 3.19. The van der Waals surface area contributed by atoms with E-state index in [-0.39, 0.29) is 17.0 Å². The van der Waals surface area contributed by atoms with Gasteiger partial charge in [-0.3, -0.25) is 4.79 Å². The van der Waals surface area contributed by atoms with Gasteiger partial charge in [0.05, 0.1) is 12.7 Å². The van der Waals surface area contributed by atoms with Crippen molar-refractivity contribution in [3.05, 3.63) is 40.4 Å². The summed E-state index contributed by atoms with van der Waals surface area (Å²) in [6, 6.07) is 4.75. The minimum atomic E-state index is -1.07. The second kappa shape index (κ2) is 6.36. The van der Waals surface area contributed by atoms with Gasteiger partial charge in [0.25, 0.3) is 5.91 Å². The van der Waals surface area contributed by atoms with Crippen LogP contribution in [0.15, 0.2) is 24.4 Å². The van der Waals surface area contributed by atoms with Crippen LogP contribution in [0.2, 0.25) is 0 Å². The summed E-state index contributed by atoms with van der Waals surface area (Å²) in [5.74, 6) is -1.33. The third-order valence-electron chi connectivity index (χ3n) is 2.80. The van der Waals surface area contributed by atoms with E-state index in [4.69, 9.17) is 4.74 Å². The van der Waals surface area contributed by atoms with E-state index >= 15 is 0 Å². The summed E-state index contributed by atoms with van der Waals surface area (Å²) < 4.78 is 5.02. The van der Waals surface area contributed by atoms with Crippen molar-refractivity contribution in [3.8, 4) is 5.88 Å². The fraction of sp³-hybridized carbons (Fsp3) is 0.214. The Bertz CT molecular complexity index is 681. The van der Waals surface area contributed by atoms with Gasteiger partial charge in [0.2, 0.25) is 5.88 Å². The Kier molecular flexibility index (Phi) is 4.54. The maximum absolute atomic E-state index is 12.2. The van der Waals surface area contributed by atoms with Crippen molar-refractivity contribution in [1.29, 1.82) is 0 Å². The zero-order chi connectivity index (χ0) is 15.4. The van der Waals surface area contributed by atoms with E-state index in [0.29, 0.717) is 11.4 Å². The lowest BCUT2D eigenvalue weighted by Crippen LogP contribution is -2.14. The molecule has 0 radical (unpaired) electrons. The van der Waals surface area contributed by atoms with Crippen LogP contribution < -0.4 is 10.1 Å². The molecule has 0 unspecified atom stereocenters. The van der Waals surface area contributed by atoms with Crippen molar-refractivity contribution in [2.45, 2.75) is 13.3 Å². The van der Waals surface area contributed by atoms with Crippen LogP contribution in [-0.2, 0) is 6.42 Å². The maximum atomic E-state index is 12.2. The topological polar surface area (TPSA) is 88.5 Å².